The number of carbonyl (C=O) groups excluding carboxylic acids is 1. The predicted octanol–water partition coefficient (Wildman–Crippen LogP) is 3.62. The number of benzene rings is 1. The van der Waals surface area contributed by atoms with Crippen LogP contribution in [0.5, 0.6) is 5.75 Å². The lowest BCUT2D eigenvalue weighted by Crippen LogP contribution is -2.19. The fraction of sp³-hybridized carbons (Fsp3) is 0.0769. The molecule has 1 aromatic heterocycles. The zero-order chi connectivity index (χ0) is 15.3. The Labute approximate surface area is 117 Å². The van der Waals surface area contributed by atoms with E-state index in [9.17, 15) is 18.0 Å². The van der Waals surface area contributed by atoms with Crippen LogP contribution in [0.15, 0.2) is 48.8 Å². The fourth-order valence-corrected chi connectivity index (χ4v) is 1.47. The highest BCUT2D eigenvalue weighted by molar-refractivity contribution is 5.99. The molecule has 2 rings (SSSR count). The minimum absolute atomic E-state index is 0.325. The van der Waals surface area contributed by atoms with E-state index in [4.69, 9.17) is 0 Å². The van der Waals surface area contributed by atoms with E-state index in [0.717, 1.165) is 12.1 Å². The molecule has 2 aromatic rings. The van der Waals surface area contributed by atoms with Crippen LogP contribution in [0.3, 0.4) is 0 Å². The third kappa shape index (κ3) is 5.01. The van der Waals surface area contributed by atoms with Gasteiger partial charge in [-0.3, -0.25) is 4.98 Å². The van der Waals surface area contributed by atoms with Gasteiger partial charge in [-0.1, -0.05) is 0 Å². The van der Waals surface area contributed by atoms with Crippen LogP contribution in [0.2, 0.25) is 0 Å². The number of hydrogen-bond acceptors (Lipinski definition) is 3. The van der Waals surface area contributed by atoms with E-state index in [1.54, 1.807) is 18.3 Å². The fourth-order valence-electron chi connectivity index (χ4n) is 1.47. The van der Waals surface area contributed by atoms with Crippen LogP contribution in [0.1, 0.15) is 0 Å². The molecule has 1 aromatic carbocycles. The van der Waals surface area contributed by atoms with Gasteiger partial charge in [0, 0.05) is 11.9 Å². The number of nitrogens with one attached hydrogen (secondary N) is 2. The van der Waals surface area contributed by atoms with Crippen molar-refractivity contribution in [3.8, 4) is 5.75 Å². The standard InChI is InChI=1S/C13H10F3N3O2/c14-13(15,16)21-11-5-3-9(4-6-11)18-12(20)19-10-2-1-7-17-8-10/h1-8H,(H2,18,19,20). The van der Waals surface area contributed by atoms with Crippen LogP contribution in [-0.4, -0.2) is 17.4 Å². The van der Waals surface area contributed by atoms with Crippen molar-refractivity contribution in [3.63, 3.8) is 0 Å². The molecule has 0 saturated carbocycles. The maximum atomic E-state index is 12.0. The Morgan fingerprint density at radius 2 is 1.71 bits per heavy atom. The molecule has 0 atom stereocenters. The van der Waals surface area contributed by atoms with Crippen LogP contribution in [0.25, 0.3) is 0 Å². The van der Waals surface area contributed by atoms with Crippen molar-refractivity contribution in [2.45, 2.75) is 6.36 Å². The predicted molar refractivity (Wildman–Crippen MR) is 70.0 cm³/mol. The summed E-state index contributed by atoms with van der Waals surface area (Å²) in [6.07, 6.45) is -1.73. The first-order valence-corrected chi connectivity index (χ1v) is 5.76. The van der Waals surface area contributed by atoms with Crippen molar-refractivity contribution in [1.29, 1.82) is 0 Å². The van der Waals surface area contributed by atoms with Crippen LogP contribution in [0.4, 0.5) is 29.3 Å². The molecule has 0 saturated heterocycles. The Morgan fingerprint density at radius 1 is 1.05 bits per heavy atom. The van der Waals surface area contributed by atoms with Crippen LogP contribution < -0.4 is 15.4 Å². The molecular weight excluding hydrogens is 287 g/mol. The second kappa shape index (κ2) is 6.12. The third-order valence-corrected chi connectivity index (χ3v) is 2.27. The van der Waals surface area contributed by atoms with Crippen molar-refractivity contribution in [2.24, 2.45) is 0 Å². The van der Waals surface area contributed by atoms with E-state index >= 15 is 0 Å². The highest BCUT2D eigenvalue weighted by Crippen LogP contribution is 2.23. The number of urea groups is 1. The molecule has 0 fully saturated rings. The molecule has 21 heavy (non-hydrogen) atoms. The molecule has 110 valence electrons. The number of pyridine rings is 1. The van der Waals surface area contributed by atoms with Crippen LogP contribution in [0, 0.1) is 0 Å². The van der Waals surface area contributed by atoms with E-state index in [1.807, 2.05) is 0 Å². The van der Waals surface area contributed by atoms with Gasteiger partial charge in [-0.25, -0.2) is 4.79 Å². The second-order valence-corrected chi connectivity index (χ2v) is 3.89. The SMILES string of the molecule is O=C(Nc1ccc(OC(F)(F)F)cc1)Nc1cccnc1. The Bertz CT molecular complexity index is 600. The number of hydrogen-bond donors (Lipinski definition) is 2. The van der Waals surface area contributed by atoms with Crippen molar-refractivity contribution in [3.05, 3.63) is 48.8 Å². The highest BCUT2D eigenvalue weighted by Gasteiger charge is 2.30. The van der Waals surface area contributed by atoms with Gasteiger partial charge in [0.15, 0.2) is 0 Å². The average Bonchev–Trinajstić information content (AvgIpc) is 2.40. The zero-order valence-corrected chi connectivity index (χ0v) is 10.5. The first-order chi connectivity index (χ1) is 9.92. The highest BCUT2D eigenvalue weighted by atomic mass is 19.4. The Kier molecular flexibility index (Phi) is 4.27. The molecule has 0 bridgehead atoms. The van der Waals surface area contributed by atoms with E-state index in [0.29, 0.717) is 11.4 Å². The quantitative estimate of drug-likeness (QED) is 0.909. The van der Waals surface area contributed by atoms with Gasteiger partial charge >= 0.3 is 12.4 Å². The summed E-state index contributed by atoms with van der Waals surface area (Å²) in [5.74, 6) is -0.360. The van der Waals surface area contributed by atoms with Gasteiger partial charge < -0.3 is 15.4 Å². The normalized spacial score (nSPS) is 10.8. The van der Waals surface area contributed by atoms with Gasteiger partial charge in [0.05, 0.1) is 11.9 Å². The Balaban J connectivity index is 1.92. The molecule has 0 spiro atoms. The van der Waals surface area contributed by atoms with Gasteiger partial charge in [-0.2, -0.15) is 0 Å². The number of halogens is 3. The monoisotopic (exact) mass is 297 g/mol. The molecule has 0 aliphatic carbocycles. The molecular formula is C13H10F3N3O2. The van der Waals surface area contributed by atoms with E-state index in [1.165, 1.54) is 18.3 Å². The van der Waals surface area contributed by atoms with Crippen LogP contribution >= 0.6 is 0 Å². The summed E-state index contributed by atoms with van der Waals surface area (Å²) in [5.41, 5.74) is 0.818. The zero-order valence-electron chi connectivity index (χ0n) is 10.5. The average molecular weight is 297 g/mol. The number of amides is 2. The summed E-state index contributed by atoms with van der Waals surface area (Å²) < 4.78 is 39.7. The van der Waals surface area contributed by atoms with E-state index in [2.05, 4.69) is 20.4 Å². The summed E-state index contributed by atoms with van der Waals surface area (Å²) in [7, 11) is 0. The first-order valence-electron chi connectivity index (χ1n) is 5.76. The van der Waals surface area contributed by atoms with Gasteiger partial charge in [-0.05, 0) is 36.4 Å². The first kappa shape index (κ1) is 14.6. The largest absolute Gasteiger partial charge is 0.573 e. The maximum Gasteiger partial charge on any atom is 0.573 e. The summed E-state index contributed by atoms with van der Waals surface area (Å²) in [6, 6.07) is 7.56. The smallest absolute Gasteiger partial charge is 0.406 e. The minimum Gasteiger partial charge on any atom is -0.406 e. The Hall–Kier alpha value is -2.77. The lowest BCUT2D eigenvalue weighted by molar-refractivity contribution is -0.274. The van der Waals surface area contributed by atoms with Crippen molar-refractivity contribution >= 4 is 17.4 Å². The van der Waals surface area contributed by atoms with Gasteiger partial charge in [0.25, 0.3) is 0 Å². The second-order valence-electron chi connectivity index (χ2n) is 3.89. The minimum atomic E-state index is -4.74. The molecule has 0 aliphatic rings. The number of rotatable bonds is 3. The molecule has 0 unspecified atom stereocenters. The summed E-state index contributed by atoms with van der Waals surface area (Å²) >= 11 is 0. The van der Waals surface area contributed by atoms with Crippen LogP contribution in [-0.2, 0) is 0 Å². The number of alkyl halides is 3. The van der Waals surface area contributed by atoms with E-state index < -0.39 is 12.4 Å². The topological polar surface area (TPSA) is 63.2 Å². The molecule has 0 aliphatic heterocycles. The third-order valence-electron chi connectivity index (χ3n) is 2.27. The van der Waals surface area contributed by atoms with Crippen molar-refractivity contribution in [2.75, 3.05) is 10.6 Å². The number of ether oxygens (including phenoxy) is 1. The molecule has 1 heterocycles. The molecule has 2 N–H and O–H groups in total. The lowest BCUT2D eigenvalue weighted by atomic mass is 10.3. The van der Waals surface area contributed by atoms with Gasteiger partial charge in [-0.15, -0.1) is 13.2 Å². The molecule has 5 nitrogen and oxygen atoms in total. The molecule has 2 amide bonds. The lowest BCUT2D eigenvalue weighted by Gasteiger charge is -2.10. The number of nitrogens with zero attached hydrogens (tertiary/aromatic N) is 1. The Morgan fingerprint density at radius 3 is 2.29 bits per heavy atom. The number of anilines is 2. The summed E-state index contributed by atoms with van der Waals surface area (Å²) in [4.78, 5) is 15.5. The summed E-state index contributed by atoms with van der Waals surface area (Å²) in [5, 5.41) is 4.99. The molecule has 8 heteroatoms. The van der Waals surface area contributed by atoms with Crippen molar-refractivity contribution < 1.29 is 22.7 Å². The van der Waals surface area contributed by atoms with Gasteiger partial charge in [0.1, 0.15) is 5.75 Å². The number of carbonyl (C=O) groups is 1. The number of aromatic nitrogens is 1. The molecule has 0 radical (unpaired) electrons. The van der Waals surface area contributed by atoms with Gasteiger partial charge in [0.2, 0.25) is 0 Å². The van der Waals surface area contributed by atoms with Crippen molar-refractivity contribution in [1.82, 2.24) is 4.98 Å². The maximum absolute atomic E-state index is 12.0. The van der Waals surface area contributed by atoms with E-state index in [-0.39, 0.29) is 5.75 Å². The summed E-state index contributed by atoms with van der Waals surface area (Å²) in [6.45, 7) is 0.